The molecule has 2 nitrogen and oxygen atoms in total. The summed E-state index contributed by atoms with van der Waals surface area (Å²) in [6.45, 7) is 17.5. The Hall–Kier alpha value is -0.600. The van der Waals surface area contributed by atoms with Crippen molar-refractivity contribution < 1.29 is 5.11 Å². The molecule has 0 bridgehead atoms. The van der Waals surface area contributed by atoms with Gasteiger partial charge in [0.25, 0.3) is 0 Å². The van der Waals surface area contributed by atoms with Crippen molar-refractivity contribution in [2.45, 2.75) is 54.4 Å². The molecule has 0 aromatic rings. The zero-order valence-corrected chi connectivity index (χ0v) is 16.8. The lowest BCUT2D eigenvalue weighted by Crippen LogP contribution is -2.43. The van der Waals surface area contributed by atoms with Crippen LogP contribution in [0.1, 0.15) is 54.4 Å². The minimum absolute atomic E-state index is 0.273. The lowest BCUT2D eigenvalue weighted by Gasteiger charge is -2.41. The number of rotatable bonds is 6. The lowest BCUT2D eigenvalue weighted by atomic mass is 9.73. The van der Waals surface area contributed by atoms with Gasteiger partial charge in [-0.3, -0.25) is 0 Å². The standard InChI is InChI=1S/C22H39NO/c1-15-9-17(3)21(18(4)10-15)13-23(7-8-24)14-22-19(5)11-16(2)12-20(22)6/h9,11,17-22,24H,7-8,10,12-14H2,1-6H3/t17-,18-,19-,20-,21-,22-/m0/s1. The number of aliphatic hydroxyl groups excluding tert-OH is 1. The van der Waals surface area contributed by atoms with E-state index in [1.807, 2.05) is 0 Å². The lowest BCUT2D eigenvalue weighted by molar-refractivity contribution is 0.0960. The highest BCUT2D eigenvalue weighted by molar-refractivity contribution is 5.10. The van der Waals surface area contributed by atoms with Crippen molar-refractivity contribution in [1.82, 2.24) is 4.90 Å². The van der Waals surface area contributed by atoms with Gasteiger partial charge >= 0.3 is 0 Å². The number of allylic oxidation sites excluding steroid dienone is 4. The molecular formula is C22H39NO. The molecule has 2 aliphatic carbocycles. The van der Waals surface area contributed by atoms with Crippen LogP contribution in [-0.2, 0) is 0 Å². The Morgan fingerprint density at radius 2 is 1.29 bits per heavy atom. The summed E-state index contributed by atoms with van der Waals surface area (Å²) in [4.78, 5) is 2.55. The molecule has 0 radical (unpaired) electrons. The van der Waals surface area contributed by atoms with Gasteiger partial charge in [0.05, 0.1) is 6.61 Å². The molecule has 0 fully saturated rings. The molecule has 0 amide bonds. The van der Waals surface area contributed by atoms with Gasteiger partial charge in [0.15, 0.2) is 0 Å². The second kappa shape index (κ2) is 8.67. The van der Waals surface area contributed by atoms with Crippen molar-refractivity contribution in [3.63, 3.8) is 0 Å². The summed E-state index contributed by atoms with van der Waals surface area (Å²) in [7, 11) is 0. The van der Waals surface area contributed by atoms with Crippen LogP contribution in [0.25, 0.3) is 0 Å². The van der Waals surface area contributed by atoms with E-state index >= 15 is 0 Å². The Kier molecular flexibility index (Phi) is 7.12. The fraction of sp³-hybridized carbons (Fsp3) is 0.818. The molecule has 0 heterocycles. The Morgan fingerprint density at radius 1 is 0.875 bits per heavy atom. The van der Waals surface area contributed by atoms with E-state index in [9.17, 15) is 5.11 Å². The fourth-order valence-corrected chi connectivity index (χ4v) is 5.32. The number of aliphatic hydroxyl groups is 1. The van der Waals surface area contributed by atoms with Crippen LogP contribution in [0.5, 0.6) is 0 Å². The molecular weight excluding hydrogens is 294 g/mol. The summed E-state index contributed by atoms with van der Waals surface area (Å²) in [6.07, 6.45) is 7.42. The zero-order valence-electron chi connectivity index (χ0n) is 16.8. The van der Waals surface area contributed by atoms with Gasteiger partial charge in [-0.2, -0.15) is 0 Å². The van der Waals surface area contributed by atoms with E-state index in [-0.39, 0.29) is 6.61 Å². The number of hydrogen-bond acceptors (Lipinski definition) is 2. The van der Waals surface area contributed by atoms with Gasteiger partial charge in [0, 0.05) is 19.6 Å². The van der Waals surface area contributed by atoms with Crippen LogP contribution in [0.15, 0.2) is 23.3 Å². The third-order valence-corrected chi connectivity index (χ3v) is 6.55. The Balaban J connectivity index is 2.04. The summed E-state index contributed by atoms with van der Waals surface area (Å²) >= 11 is 0. The molecule has 0 aromatic heterocycles. The molecule has 0 saturated heterocycles. The molecule has 0 unspecified atom stereocenters. The quantitative estimate of drug-likeness (QED) is 0.709. The molecule has 2 aliphatic rings. The van der Waals surface area contributed by atoms with Gasteiger partial charge in [-0.25, -0.2) is 0 Å². The molecule has 2 rings (SSSR count). The van der Waals surface area contributed by atoms with Crippen molar-refractivity contribution >= 4 is 0 Å². The Morgan fingerprint density at radius 3 is 1.62 bits per heavy atom. The average Bonchev–Trinajstić information content (AvgIpc) is 2.46. The van der Waals surface area contributed by atoms with Gasteiger partial charge in [0.2, 0.25) is 0 Å². The van der Waals surface area contributed by atoms with E-state index in [4.69, 9.17) is 0 Å². The van der Waals surface area contributed by atoms with Crippen LogP contribution in [0.4, 0.5) is 0 Å². The largest absolute Gasteiger partial charge is 0.395 e. The first-order valence-electron chi connectivity index (χ1n) is 9.99. The van der Waals surface area contributed by atoms with E-state index < -0.39 is 0 Å². The molecule has 0 spiro atoms. The van der Waals surface area contributed by atoms with E-state index in [1.54, 1.807) is 11.1 Å². The normalized spacial score (nSPS) is 37.3. The SMILES string of the molecule is CC1=C[C@H](C)[C@H](CN(CCO)C[C@H]2[C@@H](C)C=C(C)C[C@@H]2C)[C@@H](C)C1. The number of hydrogen-bond donors (Lipinski definition) is 1. The highest BCUT2D eigenvalue weighted by Gasteiger charge is 2.32. The molecule has 138 valence electrons. The maximum absolute atomic E-state index is 9.58. The van der Waals surface area contributed by atoms with Crippen molar-refractivity contribution in [2.24, 2.45) is 35.5 Å². The Bertz CT molecular complexity index is 427. The minimum atomic E-state index is 0.273. The van der Waals surface area contributed by atoms with Crippen molar-refractivity contribution in [3.8, 4) is 0 Å². The average molecular weight is 334 g/mol. The molecule has 0 aromatic carbocycles. The predicted octanol–water partition coefficient (Wildman–Crippen LogP) is 4.76. The van der Waals surface area contributed by atoms with Gasteiger partial charge in [-0.15, -0.1) is 0 Å². The summed E-state index contributed by atoms with van der Waals surface area (Å²) in [5, 5.41) is 9.58. The predicted molar refractivity (Wildman–Crippen MR) is 104 cm³/mol. The van der Waals surface area contributed by atoms with Gasteiger partial charge < -0.3 is 10.0 Å². The minimum Gasteiger partial charge on any atom is -0.395 e. The first-order valence-corrected chi connectivity index (χ1v) is 9.99. The van der Waals surface area contributed by atoms with Crippen LogP contribution in [0.3, 0.4) is 0 Å². The topological polar surface area (TPSA) is 23.5 Å². The molecule has 2 heteroatoms. The van der Waals surface area contributed by atoms with Crippen LogP contribution < -0.4 is 0 Å². The van der Waals surface area contributed by atoms with Gasteiger partial charge in [-0.05, 0) is 62.2 Å². The molecule has 6 atom stereocenters. The third kappa shape index (κ3) is 4.95. The van der Waals surface area contributed by atoms with Crippen LogP contribution in [0.2, 0.25) is 0 Å². The number of nitrogens with zero attached hydrogens (tertiary/aromatic N) is 1. The summed E-state index contributed by atoms with van der Waals surface area (Å²) in [6, 6.07) is 0. The molecule has 0 saturated carbocycles. The first-order chi connectivity index (χ1) is 11.3. The molecule has 0 aliphatic heterocycles. The van der Waals surface area contributed by atoms with Gasteiger partial charge in [0.1, 0.15) is 0 Å². The second-order valence-corrected chi connectivity index (χ2v) is 8.92. The summed E-state index contributed by atoms with van der Waals surface area (Å²) < 4.78 is 0. The van der Waals surface area contributed by atoms with E-state index in [1.165, 1.54) is 12.8 Å². The molecule has 24 heavy (non-hydrogen) atoms. The summed E-state index contributed by atoms with van der Waals surface area (Å²) in [5.74, 6) is 4.22. The highest BCUT2D eigenvalue weighted by Crippen LogP contribution is 2.36. The van der Waals surface area contributed by atoms with E-state index in [0.29, 0.717) is 23.7 Å². The maximum atomic E-state index is 9.58. The van der Waals surface area contributed by atoms with Crippen LogP contribution >= 0.6 is 0 Å². The van der Waals surface area contributed by atoms with Crippen LogP contribution in [-0.4, -0.2) is 36.2 Å². The van der Waals surface area contributed by atoms with E-state index in [2.05, 4.69) is 58.6 Å². The fourth-order valence-electron chi connectivity index (χ4n) is 5.32. The maximum Gasteiger partial charge on any atom is 0.0558 e. The van der Waals surface area contributed by atoms with Crippen molar-refractivity contribution in [2.75, 3.05) is 26.2 Å². The highest BCUT2D eigenvalue weighted by atomic mass is 16.3. The van der Waals surface area contributed by atoms with Crippen LogP contribution in [0, 0.1) is 35.5 Å². The van der Waals surface area contributed by atoms with Crippen molar-refractivity contribution in [3.05, 3.63) is 23.3 Å². The monoisotopic (exact) mass is 333 g/mol. The first kappa shape index (κ1) is 19.7. The second-order valence-electron chi connectivity index (χ2n) is 8.92. The zero-order chi connectivity index (χ0) is 17.9. The summed E-state index contributed by atoms with van der Waals surface area (Å²) in [5.41, 5.74) is 3.10. The van der Waals surface area contributed by atoms with E-state index in [0.717, 1.165) is 31.5 Å². The third-order valence-electron chi connectivity index (χ3n) is 6.55. The smallest absolute Gasteiger partial charge is 0.0558 e. The molecule has 1 N–H and O–H groups in total. The Labute approximate surface area is 150 Å². The van der Waals surface area contributed by atoms with Gasteiger partial charge in [-0.1, -0.05) is 51.0 Å². The van der Waals surface area contributed by atoms with Crippen molar-refractivity contribution in [1.29, 1.82) is 0 Å².